The average molecular weight is 337 g/mol. The van der Waals surface area contributed by atoms with Crippen LogP contribution in [0.1, 0.15) is 72.3 Å². The van der Waals surface area contributed by atoms with Crippen LogP contribution in [0.25, 0.3) is 0 Å². The van der Waals surface area contributed by atoms with Gasteiger partial charge in [0.05, 0.1) is 11.2 Å². The van der Waals surface area contributed by atoms with Crippen LogP contribution in [0.5, 0.6) is 0 Å². The zero-order valence-corrected chi connectivity index (χ0v) is 16.0. The van der Waals surface area contributed by atoms with Crippen LogP contribution < -0.4 is 5.46 Å². The van der Waals surface area contributed by atoms with Crippen molar-refractivity contribution >= 4 is 24.2 Å². The van der Waals surface area contributed by atoms with Crippen molar-refractivity contribution in [1.82, 2.24) is 0 Å². The van der Waals surface area contributed by atoms with Crippen LogP contribution >= 0.6 is 11.6 Å². The fraction of sp³-hybridized carbons (Fsp3) is 0.684. The molecule has 1 heterocycles. The summed E-state index contributed by atoms with van der Waals surface area (Å²) < 4.78 is 12.2. The number of aryl methyl sites for hydroxylation is 1. The molecule has 128 valence electrons. The van der Waals surface area contributed by atoms with Gasteiger partial charge in [0.15, 0.2) is 0 Å². The molecule has 1 aliphatic rings. The van der Waals surface area contributed by atoms with E-state index in [1.165, 1.54) is 37.7 Å². The van der Waals surface area contributed by atoms with E-state index >= 15 is 0 Å². The Morgan fingerprint density at radius 3 is 2.13 bits per heavy atom. The second-order valence-corrected chi connectivity index (χ2v) is 8.02. The van der Waals surface area contributed by atoms with Crippen LogP contribution in [0, 0.1) is 0 Å². The lowest BCUT2D eigenvalue weighted by atomic mass is 9.78. The summed E-state index contributed by atoms with van der Waals surface area (Å²) in [6.45, 7) is 10.5. The molecule has 1 saturated heterocycles. The Bertz CT molecular complexity index is 512. The highest BCUT2D eigenvalue weighted by Crippen LogP contribution is 2.37. The van der Waals surface area contributed by atoms with Gasteiger partial charge in [-0.25, -0.2) is 0 Å². The Morgan fingerprint density at radius 1 is 0.957 bits per heavy atom. The number of benzene rings is 1. The molecule has 0 radical (unpaired) electrons. The Kier molecular flexibility index (Phi) is 6.21. The van der Waals surface area contributed by atoms with Gasteiger partial charge < -0.3 is 9.31 Å². The summed E-state index contributed by atoms with van der Waals surface area (Å²) in [6, 6.07) is 6.29. The van der Waals surface area contributed by atoms with Crippen LogP contribution in [0.4, 0.5) is 0 Å². The van der Waals surface area contributed by atoms with Gasteiger partial charge in [-0.2, -0.15) is 0 Å². The molecule has 0 unspecified atom stereocenters. The quantitative estimate of drug-likeness (QED) is 0.506. The third kappa shape index (κ3) is 4.52. The standard InChI is InChI=1S/C19H30BClO2/c1-6-7-8-9-10-11-15-12-13-16(17(21)14-15)20-22-18(2,3)19(4,5)23-20/h12-14H,6-11H2,1-5H3. The number of hydrogen-bond acceptors (Lipinski definition) is 2. The highest BCUT2D eigenvalue weighted by atomic mass is 35.5. The summed E-state index contributed by atoms with van der Waals surface area (Å²) in [4.78, 5) is 0. The zero-order chi connectivity index (χ0) is 17.1. The van der Waals surface area contributed by atoms with Crippen molar-refractivity contribution in [2.24, 2.45) is 0 Å². The molecule has 0 N–H and O–H groups in total. The minimum absolute atomic E-state index is 0.334. The fourth-order valence-corrected chi connectivity index (χ4v) is 3.11. The van der Waals surface area contributed by atoms with E-state index in [0.717, 1.165) is 16.9 Å². The first-order chi connectivity index (χ1) is 10.8. The first-order valence-electron chi connectivity index (χ1n) is 8.91. The first-order valence-corrected chi connectivity index (χ1v) is 9.28. The van der Waals surface area contributed by atoms with E-state index in [1.54, 1.807) is 0 Å². The Hall–Kier alpha value is -0.505. The van der Waals surface area contributed by atoms with Crippen LogP contribution in [0.2, 0.25) is 5.02 Å². The summed E-state index contributed by atoms with van der Waals surface area (Å²) >= 11 is 6.50. The monoisotopic (exact) mass is 336 g/mol. The summed E-state index contributed by atoms with van der Waals surface area (Å²) in [5.74, 6) is 0. The average Bonchev–Trinajstić information content (AvgIpc) is 2.67. The van der Waals surface area contributed by atoms with Gasteiger partial charge in [-0.1, -0.05) is 56.3 Å². The van der Waals surface area contributed by atoms with Crippen LogP contribution in [0.15, 0.2) is 18.2 Å². The molecule has 1 aromatic rings. The topological polar surface area (TPSA) is 18.5 Å². The molecule has 4 heteroatoms. The number of halogens is 1. The number of unbranched alkanes of at least 4 members (excludes halogenated alkanes) is 4. The van der Waals surface area contributed by atoms with E-state index in [4.69, 9.17) is 20.9 Å². The minimum Gasteiger partial charge on any atom is -0.399 e. The SMILES string of the molecule is CCCCCCCc1ccc(B2OC(C)(C)C(C)(C)O2)c(Cl)c1. The van der Waals surface area contributed by atoms with Crippen molar-refractivity contribution in [3.8, 4) is 0 Å². The molecule has 0 spiro atoms. The lowest BCUT2D eigenvalue weighted by Gasteiger charge is -2.32. The largest absolute Gasteiger partial charge is 0.496 e. The van der Waals surface area contributed by atoms with Crippen molar-refractivity contribution in [3.63, 3.8) is 0 Å². The molecular formula is C19H30BClO2. The highest BCUT2D eigenvalue weighted by molar-refractivity contribution is 6.65. The van der Waals surface area contributed by atoms with E-state index in [9.17, 15) is 0 Å². The molecule has 0 aromatic heterocycles. The minimum atomic E-state index is -0.383. The lowest BCUT2D eigenvalue weighted by molar-refractivity contribution is 0.00578. The maximum atomic E-state index is 6.50. The molecule has 1 aliphatic heterocycles. The Morgan fingerprint density at radius 2 is 1.57 bits per heavy atom. The second kappa shape index (κ2) is 7.59. The zero-order valence-electron chi connectivity index (χ0n) is 15.2. The summed E-state index contributed by atoms with van der Waals surface area (Å²) in [5, 5.41) is 0.745. The van der Waals surface area contributed by atoms with Gasteiger partial charge in [0.25, 0.3) is 0 Å². The van der Waals surface area contributed by atoms with Crippen LogP contribution in [0.3, 0.4) is 0 Å². The van der Waals surface area contributed by atoms with Crippen molar-refractivity contribution in [2.45, 2.75) is 84.3 Å². The van der Waals surface area contributed by atoms with Gasteiger partial charge in [0.1, 0.15) is 0 Å². The second-order valence-electron chi connectivity index (χ2n) is 7.61. The van der Waals surface area contributed by atoms with Gasteiger partial charge in [-0.15, -0.1) is 0 Å². The predicted octanol–water partition coefficient (Wildman–Crippen LogP) is 5.15. The van der Waals surface area contributed by atoms with Crippen molar-refractivity contribution in [3.05, 3.63) is 28.8 Å². The lowest BCUT2D eigenvalue weighted by Crippen LogP contribution is -2.41. The summed E-state index contributed by atoms with van der Waals surface area (Å²) in [5.41, 5.74) is 1.56. The number of hydrogen-bond donors (Lipinski definition) is 0. The Labute approximate surface area is 147 Å². The fourth-order valence-electron chi connectivity index (χ4n) is 2.82. The van der Waals surface area contributed by atoms with Crippen molar-refractivity contribution in [2.75, 3.05) is 0 Å². The predicted molar refractivity (Wildman–Crippen MR) is 99.6 cm³/mol. The first kappa shape index (κ1) is 18.8. The van der Waals surface area contributed by atoms with E-state index in [0.29, 0.717) is 0 Å². The van der Waals surface area contributed by atoms with Crippen molar-refractivity contribution in [1.29, 1.82) is 0 Å². The molecule has 0 amide bonds. The van der Waals surface area contributed by atoms with Gasteiger partial charge in [-0.3, -0.25) is 0 Å². The summed E-state index contributed by atoms with van der Waals surface area (Å²) in [6.07, 6.45) is 7.57. The van der Waals surface area contributed by atoms with E-state index in [1.807, 2.05) is 0 Å². The van der Waals surface area contributed by atoms with Gasteiger partial charge in [0.2, 0.25) is 0 Å². The maximum absolute atomic E-state index is 6.50. The van der Waals surface area contributed by atoms with E-state index in [2.05, 4.69) is 52.8 Å². The molecule has 0 saturated carbocycles. The molecule has 2 rings (SSSR count). The third-order valence-corrected chi connectivity index (χ3v) is 5.47. The molecule has 23 heavy (non-hydrogen) atoms. The molecule has 0 bridgehead atoms. The third-order valence-electron chi connectivity index (χ3n) is 5.14. The smallest absolute Gasteiger partial charge is 0.399 e. The van der Waals surface area contributed by atoms with Crippen LogP contribution in [-0.4, -0.2) is 18.3 Å². The molecule has 0 atom stereocenters. The number of rotatable bonds is 7. The normalized spacial score (nSPS) is 19.3. The van der Waals surface area contributed by atoms with Crippen LogP contribution in [-0.2, 0) is 15.7 Å². The maximum Gasteiger partial charge on any atom is 0.496 e. The van der Waals surface area contributed by atoms with E-state index in [-0.39, 0.29) is 18.3 Å². The highest BCUT2D eigenvalue weighted by Gasteiger charge is 2.52. The molecule has 0 aliphatic carbocycles. The molecule has 1 aromatic carbocycles. The van der Waals surface area contributed by atoms with Gasteiger partial charge >= 0.3 is 7.12 Å². The van der Waals surface area contributed by atoms with E-state index < -0.39 is 0 Å². The summed E-state index contributed by atoms with van der Waals surface area (Å²) in [7, 11) is -0.383. The molecule has 2 nitrogen and oxygen atoms in total. The Balaban J connectivity index is 1.98. The van der Waals surface area contributed by atoms with Gasteiger partial charge in [0, 0.05) is 10.5 Å². The van der Waals surface area contributed by atoms with Crippen molar-refractivity contribution < 1.29 is 9.31 Å². The molecular weight excluding hydrogens is 306 g/mol. The van der Waals surface area contributed by atoms with Gasteiger partial charge in [-0.05, 0) is 52.2 Å². The molecule has 1 fully saturated rings.